The van der Waals surface area contributed by atoms with Gasteiger partial charge in [-0.3, -0.25) is 4.79 Å². The summed E-state index contributed by atoms with van der Waals surface area (Å²) in [5, 5.41) is 9.35. The number of nitrogens with zero attached hydrogens (tertiary/aromatic N) is 1. The minimum absolute atomic E-state index is 0.141. The normalized spacial score (nSPS) is 19.6. The number of amides is 1. The average molecular weight is 251 g/mol. The van der Waals surface area contributed by atoms with Crippen LogP contribution in [0.25, 0.3) is 0 Å². The molecule has 1 aromatic rings. The molecule has 1 saturated heterocycles. The highest BCUT2D eigenvalue weighted by Crippen LogP contribution is 2.15. The fourth-order valence-electron chi connectivity index (χ4n) is 1.89. The first-order valence-corrected chi connectivity index (χ1v) is 6.98. The van der Waals surface area contributed by atoms with E-state index in [-0.39, 0.29) is 12.0 Å². The summed E-state index contributed by atoms with van der Waals surface area (Å²) in [5.41, 5.74) is 1.24. The van der Waals surface area contributed by atoms with Crippen molar-refractivity contribution < 1.29 is 9.90 Å². The summed E-state index contributed by atoms with van der Waals surface area (Å²) in [7, 11) is 0. The van der Waals surface area contributed by atoms with Gasteiger partial charge < -0.3 is 10.0 Å². The maximum Gasteiger partial charge on any atom is 0.232 e. The predicted molar refractivity (Wildman–Crippen MR) is 69.8 cm³/mol. The molecule has 3 nitrogen and oxygen atoms in total. The highest BCUT2D eigenvalue weighted by molar-refractivity contribution is 7.99. The van der Waals surface area contributed by atoms with Crippen LogP contribution in [0.5, 0.6) is 0 Å². The van der Waals surface area contributed by atoms with Crippen LogP contribution in [0.1, 0.15) is 12.0 Å². The molecule has 0 aromatic heterocycles. The molecule has 92 valence electrons. The summed E-state index contributed by atoms with van der Waals surface area (Å²) in [6, 6.07) is 10.1. The van der Waals surface area contributed by atoms with E-state index >= 15 is 0 Å². The molecule has 2 rings (SSSR count). The molecular weight excluding hydrogens is 234 g/mol. The van der Waals surface area contributed by atoms with Crippen molar-refractivity contribution in [3.63, 3.8) is 0 Å². The summed E-state index contributed by atoms with van der Waals surface area (Å²) in [4.78, 5) is 13.5. The number of β-amino-alcohol motifs (C(OH)–C–C–N with tert-alkyl or cyclic N) is 1. The molecule has 1 aromatic carbocycles. The Balaban J connectivity index is 1.70. The van der Waals surface area contributed by atoms with E-state index in [1.54, 1.807) is 16.7 Å². The van der Waals surface area contributed by atoms with Gasteiger partial charge in [0.2, 0.25) is 5.91 Å². The van der Waals surface area contributed by atoms with Crippen molar-refractivity contribution in [2.45, 2.75) is 18.3 Å². The van der Waals surface area contributed by atoms with Crippen molar-refractivity contribution in [3.05, 3.63) is 35.9 Å². The van der Waals surface area contributed by atoms with Gasteiger partial charge in [0.15, 0.2) is 0 Å². The molecule has 1 amide bonds. The van der Waals surface area contributed by atoms with Crippen LogP contribution < -0.4 is 0 Å². The molecule has 0 spiro atoms. The molecule has 1 N–H and O–H groups in total. The average Bonchev–Trinajstić information content (AvgIpc) is 2.77. The number of aliphatic hydroxyl groups is 1. The Labute approximate surface area is 106 Å². The fraction of sp³-hybridized carbons (Fsp3) is 0.462. The molecule has 17 heavy (non-hydrogen) atoms. The van der Waals surface area contributed by atoms with E-state index in [9.17, 15) is 9.90 Å². The zero-order valence-electron chi connectivity index (χ0n) is 9.71. The molecule has 0 saturated carbocycles. The summed E-state index contributed by atoms with van der Waals surface area (Å²) in [5.74, 6) is 1.51. The molecule has 0 unspecified atom stereocenters. The Morgan fingerprint density at radius 1 is 1.41 bits per heavy atom. The van der Waals surface area contributed by atoms with Crippen LogP contribution in [0.3, 0.4) is 0 Å². The van der Waals surface area contributed by atoms with Crippen molar-refractivity contribution in [1.29, 1.82) is 0 Å². The fourth-order valence-corrected chi connectivity index (χ4v) is 2.78. The van der Waals surface area contributed by atoms with E-state index in [1.807, 2.05) is 18.2 Å². The van der Waals surface area contributed by atoms with Gasteiger partial charge in [-0.15, -0.1) is 11.8 Å². The Kier molecular flexibility index (Phi) is 4.45. The van der Waals surface area contributed by atoms with E-state index in [2.05, 4.69) is 12.1 Å². The molecular formula is C13H17NO2S. The second-order valence-corrected chi connectivity index (χ2v) is 5.25. The van der Waals surface area contributed by atoms with Gasteiger partial charge in [0.05, 0.1) is 11.9 Å². The van der Waals surface area contributed by atoms with Gasteiger partial charge in [-0.2, -0.15) is 0 Å². The second-order valence-electron chi connectivity index (χ2n) is 4.26. The van der Waals surface area contributed by atoms with Gasteiger partial charge in [0.25, 0.3) is 0 Å². The number of likely N-dealkylation sites (tertiary alicyclic amines) is 1. The van der Waals surface area contributed by atoms with Crippen molar-refractivity contribution in [2.75, 3.05) is 18.8 Å². The number of benzene rings is 1. The lowest BCUT2D eigenvalue weighted by atomic mass is 10.2. The Bertz CT molecular complexity index is 369. The van der Waals surface area contributed by atoms with Crippen molar-refractivity contribution in [3.8, 4) is 0 Å². The molecule has 0 aliphatic carbocycles. The quantitative estimate of drug-likeness (QED) is 0.882. The molecule has 1 aliphatic rings. The summed E-state index contributed by atoms with van der Waals surface area (Å²) < 4.78 is 0. The molecule has 4 heteroatoms. The zero-order valence-corrected chi connectivity index (χ0v) is 10.5. The van der Waals surface area contributed by atoms with Gasteiger partial charge in [-0.05, 0) is 12.0 Å². The molecule has 1 atom stereocenters. The van der Waals surface area contributed by atoms with Gasteiger partial charge in [-0.1, -0.05) is 30.3 Å². The Morgan fingerprint density at radius 2 is 2.18 bits per heavy atom. The van der Waals surface area contributed by atoms with Crippen LogP contribution in [-0.2, 0) is 10.5 Å². The van der Waals surface area contributed by atoms with E-state index < -0.39 is 0 Å². The van der Waals surface area contributed by atoms with Gasteiger partial charge >= 0.3 is 0 Å². The first-order chi connectivity index (χ1) is 8.25. The highest BCUT2D eigenvalue weighted by atomic mass is 32.2. The topological polar surface area (TPSA) is 40.5 Å². The van der Waals surface area contributed by atoms with Gasteiger partial charge in [-0.25, -0.2) is 0 Å². The third kappa shape index (κ3) is 3.75. The maximum absolute atomic E-state index is 11.8. The minimum Gasteiger partial charge on any atom is -0.391 e. The summed E-state index contributed by atoms with van der Waals surface area (Å²) >= 11 is 1.63. The van der Waals surface area contributed by atoms with Crippen molar-refractivity contribution in [1.82, 2.24) is 4.90 Å². The van der Waals surface area contributed by atoms with Crippen LogP contribution in [0.15, 0.2) is 30.3 Å². The maximum atomic E-state index is 11.8. The number of carbonyl (C=O) groups excluding carboxylic acids is 1. The van der Waals surface area contributed by atoms with E-state index in [4.69, 9.17) is 0 Å². The first-order valence-electron chi connectivity index (χ1n) is 5.83. The van der Waals surface area contributed by atoms with Gasteiger partial charge in [0.1, 0.15) is 0 Å². The van der Waals surface area contributed by atoms with Crippen LogP contribution in [0.2, 0.25) is 0 Å². The lowest BCUT2D eigenvalue weighted by Gasteiger charge is -2.14. The zero-order chi connectivity index (χ0) is 12.1. The first kappa shape index (κ1) is 12.5. The number of hydrogen-bond acceptors (Lipinski definition) is 3. The Hall–Kier alpha value is -1.00. The highest BCUT2D eigenvalue weighted by Gasteiger charge is 2.23. The number of aliphatic hydroxyl groups excluding tert-OH is 1. The SMILES string of the molecule is O=C(CSCc1ccccc1)N1CC[C@H](O)C1. The lowest BCUT2D eigenvalue weighted by molar-refractivity contribution is -0.127. The third-order valence-electron chi connectivity index (χ3n) is 2.85. The van der Waals surface area contributed by atoms with Crippen LogP contribution >= 0.6 is 11.8 Å². The van der Waals surface area contributed by atoms with E-state index in [1.165, 1.54) is 5.56 Å². The molecule has 1 heterocycles. The lowest BCUT2D eigenvalue weighted by Crippen LogP contribution is -2.30. The number of hydrogen-bond donors (Lipinski definition) is 1. The van der Waals surface area contributed by atoms with Crippen LogP contribution in [-0.4, -0.2) is 40.9 Å². The van der Waals surface area contributed by atoms with E-state index in [0.717, 1.165) is 12.2 Å². The Morgan fingerprint density at radius 3 is 2.82 bits per heavy atom. The number of rotatable bonds is 4. The third-order valence-corrected chi connectivity index (χ3v) is 3.84. The van der Waals surface area contributed by atoms with Crippen molar-refractivity contribution in [2.24, 2.45) is 0 Å². The monoisotopic (exact) mass is 251 g/mol. The molecule has 0 bridgehead atoms. The van der Waals surface area contributed by atoms with Crippen molar-refractivity contribution >= 4 is 17.7 Å². The van der Waals surface area contributed by atoms with Crippen LogP contribution in [0.4, 0.5) is 0 Å². The minimum atomic E-state index is -0.321. The molecule has 0 radical (unpaired) electrons. The largest absolute Gasteiger partial charge is 0.391 e. The summed E-state index contributed by atoms with van der Waals surface area (Å²) in [6.45, 7) is 1.20. The van der Waals surface area contributed by atoms with Crippen LogP contribution in [0, 0.1) is 0 Å². The molecule has 1 fully saturated rings. The number of thioether (sulfide) groups is 1. The number of carbonyl (C=O) groups is 1. The smallest absolute Gasteiger partial charge is 0.232 e. The molecule has 1 aliphatic heterocycles. The standard InChI is InChI=1S/C13H17NO2S/c15-12-6-7-14(8-12)13(16)10-17-9-11-4-2-1-3-5-11/h1-5,12,15H,6-10H2/t12-/m0/s1. The summed E-state index contributed by atoms with van der Waals surface area (Å²) in [6.07, 6.45) is 0.396. The second kappa shape index (κ2) is 6.07. The predicted octanol–water partition coefficient (Wildman–Crippen LogP) is 1.51. The van der Waals surface area contributed by atoms with E-state index in [0.29, 0.717) is 18.8 Å². The van der Waals surface area contributed by atoms with Gasteiger partial charge in [0, 0.05) is 18.8 Å².